The summed E-state index contributed by atoms with van der Waals surface area (Å²) < 4.78 is 88.5. The quantitative estimate of drug-likeness (QED) is 0.0128. The van der Waals surface area contributed by atoms with Crippen LogP contribution in [0.4, 0.5) is 28.4 Å². The van der Waals surface area contributed by atoms with Crippen LogP contribution >= 0.6 is 0 Å². The van der Waals surface area contributed by atoms with E-state index in [9.17, 15) is 52.1 Å². The molecule has 4 aromatic carbocycles. The van der Waals surface area contributed by atoms with E-state index in [-0.39, 0.29) is 109 Å². The molecule has 26 nitrogen and oxygen atoms in total. The molecule has 1 unspecified atom stereocenters. The van der Waals surface area contributed by atoms with Crippen molar-refractivity contribution in [1.29, 1.82) is 0 Å². The highest BCUT2D eigenvalue weighted by Crippen LogP contribution is 2.45. The van der Waals surface area contributed by atoms with E-state index in [1.165, 1.54) is 56.3 Å². The third-order valence-corrected chi connectivity index (χ3v) is 13.9. The summed E-state index contributed by atoms with van der Waals surface area (Å²) in [5.41, 5.74) is 2.79. The van der Waals surface area contributed by atoms with Crippen LogP contribution in [-0.4, -0.2) is 144 Å². The molecule has 3 heterocycles. The molecule has 1 aliphatic carbocycles. The number of ether oxygens (including phenoxy) is 8. The summed E-state index contributed by atoms with van der Waals surface area (Å²) >= 11 is 0. The van der Waals surface area contributed by atoms with Gasteiger partial charge in [0.25, 0.3) is 23.4 Å². The Kier molecular flexibility index (Phi) is 23.5. The molecule has 2 aromatic heterocycles. The van der Waals surface area contributed by atoms with Crippen LogP contribution in [-0.2, 0) is 68.6 Å². The van der Waals surface area contributed by atoms with Crippen LogP contribution in [0, 0.1) is 10.1 Å². The second-order valence-corrected chi connectivity index (χ2v) is 20.4. The van der Waals surface area contributed by atoms with Gasteiger partial charge in [-0.3, -0.25) is 34.1 Å². The SMILES string of the molecule is COc1cc(C(C)OC(=O)ON2C(=O)CCC2=O)c([N+](=O)[O-])cc1OCCCC(=O)NCCOCCOCCOCCn1cc(CCCCNC(=O)c2cccc(Oc3cc(CN(C)C(=O)OC4c5ccccc5-c5ccccc54)cc(C(F)(F)F)n3)c2)nn1. The number of alkyl halides is 3. The average molecular weight is 1250 g/mol. The molecule has 0 spiro atoms. The summed E-state index contributed by atoms with van der Waals surface area (Å²) in [5, 5.41) is 26.2. The number of nitro groups is 1. The predicted molar refractivity (Wildman–Crippen MR) is 310 cm³/mol. The van der Waals surface area contributed by atoms with Crippen molar-refractivity contribution in [3.8, 4) is 34.3 Å². The number of hydrogen-bond donors (Lipinski definition) is 2. The first-order valence-electron chi connectivity index (χ1n) is 28.7. The number of rotatable bonds is 33. The number of hydrogen-bond acceptors (Lipinski definition) is 20. The Morgan fingerprint density at radius 2 is 1.49 bits per heavy atom. The van der Waals surface area contributed by atoms with Gasteiger partial charge in [0.1, 0.15) is 17.5 Å². The molecule has 8 rings (SSSR count). The Bertz CT molecular complexity index is 3450. The number of aromatic nitrogens is 4. The van der Waals surface area contributed by atoms with Crippen LogP contribution in [0.3, 0.4) is 0 Å². The molecule has 5 amide bonds. The number of methoxy groups -OCH3 is 1. The summed E-state index contributed by atoms with van der Waals surface area (Å²) in [7, 11) is 2.73. The van der Waals surface area contributed by atoms with E-state index in [0.29, 0.717) is 58.8 Å². The molecule has 2 aliphatic rings. The zero-order valence-electron chi connectivity index (χ0n) is 49.4. The molecule has 0 radical (unpaired) electrons. The number of nitro benzene ring substituents is 1. The first-order chi connectivity index (χ1) is 43.3. The van der Waals surface area contributed by atoms with Gasteiger partial charge in [0.15, 0.2) is 17.6 Å². The summed E-state index contributed by atoms with van der Waals surface area (Å²) in [4.78, 5) is 95.4. The Balaban J connectivity index is 0.642. The molecule has 1 fully saturated rings. The topological polar surface area (TPSA) is 303 Å². The lowest BCUT2D eigenvalue weighted by Gasteiger charge is -2.22. The maximum absolute atomic E-state index is 14.1. The molecule has 1 atom stereocenters. The van der Waals surface area contributed by atoms with Crippen molar-refractivity contribution in [3.05, 3.63) is 153 Å². The molecule has 1 saturated heterocycles. The number of carbonyl (C=O) groups excluding carboxylic acids is 6. The van der Waals surface area contributed by atoms with Gasteiger partial charge in [-0.15, -0.1) is 5.10 Å². The first kappa shape index (κ1) is 66.2. The van der Waals surface area contributed by atoms with Crippen LogP contribution in [0.25, 0.3) is 11.1 Å². The normalized spacial score (nSPS) is 13.1. The lowest BCUT2D eigenvalue weighted by atomic mass is 10.1. The second kappa shape index (κ2) is 32.0. The Morgan fingerprint density at radius 1 is 0.800 bits per heavy atom. The Hall–Kier alpha value is -9.74. The molecule has 0 saturated carbocycles. The van der Waals surface area contributed by atoms with Crippen molar-refractivity contribution in [2.24, 2.45) is 0 Å². The first-order valence-corrected chi connectivity index (χ1v) is 28.7. The van der Waals surface area contributed by atoms with Crippen molar-refractivity contribution in [3.63, 3.8) is 0 Å². The van der Waals surface area contributed by atoms with E-state index in [0.717, 1.165) is 40.1 Å². The fourth-order valence-corrected chi connectivity index (χ4v) is 9.48. The van der Waals surface area contributed by atoms with Gasteiger partial charge in [-0.1, -0.05) is 64.9 Å². The largest absolute Gasteiger partial charge is 0.534 e. The van der Waals surface area contributed by atoms with Gasteiger partial charge in [-0.05, 0) is 79.6 Å². The van der Waals surface area contributed by atoms with Crippen LogP contribution in [0.5, 0.6) is 23.1 Å². The number of aryl methyl sites for hydroxylation is 1. The van der Waals surface area contributed by atoms with Crippen molar-refractivity contribution in [1.82, 2.24) is 40.6 Å². The molecule has 90 heavy (non-hydrogen) atoms. The average Bonchev–Trinajstić information content (AvgIpc) is 1.61. The minimum absolute atomic E-state index is 0.00621. The van der Waals surface area contributed by atoms with E-state index in [2.05, 4.69) is 30.8 Å². The fraction of sp³-hybridized carbons (Fsp3) is 0.393. The van der Waals surface area contributed by atoms with E-state index >= 15 is 0 Å². The van der Waals surface area contributed by atoms with Gasteiger partial charge >= 0.3 is 18.4 Å². The number of unbranched alkanes of at least 4 members (excludes halogenated alkanes) is 1. The number of fused-ring (bicyclic) bond motifs is 3. The summed E-state index contributed by atoms with van der Waals surface area (Å²) in [6, 6.07) is 25.6. The monoisotopic (exact) mass is 1250 g/mol. The smallest absolute Gasteiger partial charge is 0.493 e. The third-order valence-electron chi connectivity index (χ3n) is 13.9. The predicted octanol–water partition coefficient (Wildman–Crippen LogP) is 8.80. The maximum atomic E-state index is 14.1. The molecule has 2 N–H and O–H groups in total. The lowest BCUT2D eigenvalue weighted by molar-refractivity contribution is -0.386. The zero-order chi connectivity index (χ0) is 64.2. The van der Waals surface area contributed by atoms with Gasteiger partial charge in [-0.25, -0.2) is 19.3 Å². The van der Waals surface area contributed by atoms with Gasteiger partial charge in [0.2, 0.25) is 11.8 Å². The number of halogens is 3. The van der Waals surface area contributed by atoms with Crippen LogP contribution < -0.4 is 24.8 Å². The van der Waals surface area contributed by atoms with Crippen molar-refractivity contribution >= 4 is 41.6 Å². The minimum atomic E-state index is -4.83. The number of benzene rings is 4. The van der Waals surface area contributed by atoms with E-state index in [1.54, 1.807) is 10.7 Å². The zero-order valence-corrected chi connectivity index (χ0v) is 49.4. The number of nitrogens with one attached hydrogen (secondary N) is 2. The number of carbonyl (C=O) groups is 6. The maximum Gasteiger partial charge on any atom is 0.534 e. The highest BCUT2D eigenvalue weighted by Gasteiger charge is 2.37. The summed E-state index contributed by atoms with van der Waals surface area (Å²) in [6.45, 7) is 3.99. The summed E-state index contributed by atoms with van der Waals surface area (Å²) in [5.74, 6) is -2.34. The van der Waals surface area contributed by atoms with Gasteiger partial charge < -0.3 is 53.4 Å². The highest BCUT2D eigenvalue weighted by atomic mass is 19.4. The van der Waals surface area contributed by atoms with E-state index in [1.807, 2.05) is 54.7 Å². The van der Waals surface area contributed by atoms with Crippen molar-refractivity contribution in [2.45, 2.75) is 83.3 Å². The van der Waals surface area contributed by atoms with Crippen molar-refractivity contribution in [2.75, 3.05) is 73.5 Å². The number of nitrogens with zero attached hydrogens (tertiary/aromatic N) is 7. The van der Waals surface area contributed by atoms with Crippen LogP contribution in [0.2, 0.25) is 0 Å². The van der Waals surface area contributed by atoms with E-state index < -0.39 is 64.7 Å². The number of imide groups is 1. The molecular formula is C61H66F3N9O17. The molecule has 29 heteroatoms. The fourth-order valence-electron chi connectivity index (χ4n) is 9.48. The second-order valence-electron chi connectivity index (χ2n) is 20.4. The van der Waals surface area contributed by atoms with Crippen LogP contribution in [0.15, 0.2) is 103 Å². The molecule has 6 aromatic rings. The molecular weight excluding hydrogens is 1190 g/mol. The lowest BCUT2D eigenvalue weighted by Crippen LogP contribution is -2.32. The molecule has 1 aliphatic heterocycles. The van der Waals surface area contributed by atoms with Gasteiger partial charge in [0.05, 0.1) is 82.1 Å². The third kappa shape index (κ3) is 18.7. The Labute approximate surface area is 513 Å². The molecule has 0 bridgehead atoms. The Morgan fingerprint density at radius 3 is 2.18 bits per heavy atom. The highest BCUT2D eigenvalue weighted by molar-refractivity contribution is 6.01. The summed E-state index contributed by atoms with van der Waals surface area (Å²) in [6.07, 6.45) is -5.10. The number of hydroxylamine groups is 2. The minimum Gasteiger partial charge on any atom is -0.493 e. The van der Waals surface area contributed by atoms with Crippen LogP contribution in [0.1, 0.15) is 102 Å². The number of amides is 5. The van der Waals surface area contributed by atoms with Gasteiger partial charge in [0, 0.05) is 74.9 Å². The van der Waals surface area contributed by atoms with E-state index in [4.69, 9.17) is 37.9 Å². The van der Waals surface area contributed by atoms with Crippen molar-refractivity contribution < 1.29 is 89.6 Å². The van der Waals surface area contributed by atoms with Gasteiger partial charge in [-0.2, -0.15) is 13.2 Å². The number of pyridine rings is 1. The standard InChI is InChI=1S/C61H66F3N9O17/c1-39(87-60(79)90-72-55(75)20-21-56(72)76)48-35-50(82-3)51(36-49(48)73(80)81)86-25-11-19-53(74)65-23-26-83-28-30-85-31-29-84-27-24-71-38-42(68-69-71)13-8-9-22-66-58(77)41-12-10-14-43(34-41)88-54-33-40(32-52(67-54)61(62,63)64)37-70(2)59(78)89-57-46-17-6-4-15-44(46)45-16-5-7-18-47(45)57/h4-7,10,12,14-18,32-36,38-39,57H,8-9,11,13,19-31,37H2,1-3H3,(H,65,74)(H,66,77). The molecule has 478 valence electrons.